The molecule has 0 amide bonds. The van der Waals surface area contributed by atoms with Crippen LogP contribution in [0, 0.1) is 0 Å². The fraction of sp³-hybridized carbons (Fsp3) is 0.455. The van der Waals surface area contributed by atoms with Gasteiger partial charge in [0.1, 0.15) is 0 Å². The maximum Gasteiger partial charge on any atom is 0.506 e. The van der Waals surface area contributed by atoms with Gasteiger partial charge in [-0.25, -0.2) is 0 Å². The lowest BCUT2D eigenvalue weighted by Crippen LogP contribution is -2.33. The molecule has 0 unspecified atom stereocenters. The van der Waals surface area contributed by atoms with E-state index in [9.17, 15) is 12.9 Å². The Labute approximate surface area is 103 Å². The lowest BCUT2D eigenvalue weighted by atomic mass is 9.80. The highest BCUT2D eigenvalue weighted by molar-refractivity contribution is 7.09. The van der Waals surface area contributed by atoms with Crippen molar-refractivity contribution in [1.29, 1.82) is 0 Å². The maximum absolute atomic E-state index is 12.5. The van der Waals surface area contributed by atoms with Crippen molar-refractivity contribution in [2.75, 3.05) is 6.54 Å². The third-order valence-corrected chi connectivity index (χ3v) is 3.73. The minimum absolute atomic E-state index is 0.0495. The quantitative estimate of drug-likeness (QED) is 0.705. The molecule has 1 fully saturated rings. The van der Waals surface area contributed by atoms with Crippen molar-refractivity contribution >= 4 is 18.3 Å². The molecule has 1 heterocycles. The lowest BCUT2D eigenvalue weighted by molar-refractivity contribution is 0.278. The van der Waals surface area contributed by atoms with Gasteiger partial charge in [0.15, 0.2) is 0 Å². The second kappa shape index (κ2) is 4.86. The summed E-state index contributed by atoms with van der Waals surface area (Å²) in [4.78, 5) is 3.00. The van der Waals surface area contributed by atoms with E-state index in [1.54, 1.807) is 11.3 Å². The van der Waals surface area contributed by atoms with Gasteiger partial charge >= 0.3 is 6.98 Å². The fourth-order valence-electron chi connectivity index (χ4n) is 1.72. The first kappa shape index (κ1) is 12.7. The van der Waals surface area contributed by atoms with E-state index in [0.29, 0.717) is 12.6 Å². The number of thiophene rings is 1. The van der Waals surface area contributed by atoms with Crippen LogP contribution in [0.1, 0.15) is 17.7 Å². The van der Waals surface area contributed by atoms with E-state index in [4.69, 9.17) is 0 Å². The molecule has 1 nitrogen and oxygen atoms in total. The topological polar surface area (TPSA) is 3.24 Å². The van der Waals surface area contributed by atoms with Gasteiger partial charge in [-0.3, -0.25) is 4.90 Å². The Bertz CT molecular complexity index is 384. The van der Waals surface area contributed by atoms with Crippen LogP contribution in [0.3, 0.4) is 0 Å². The molecular weight excluding hydrogens is 246 g/mol. The number of nitrogens with zero attached hydrogens (tertiary/aromatic N) is 1. The van der Waals surface area contributed by atoms with Crippen molar-refractivity contribution in [3.8, 4) is 0 Å². The van der Waals surface area contributed by atoms with E-state index >= 15 is 0 Å². The molecule has 1 aromatic heterocycles. The molecule has 1 saturated carbocycles. The predicted octanol–water partition coefficient (Wildman–Crippen LogP) is 3.66. The maximum atomic E-state index is 12.5. The van der Waals surface area contributed by atoms with E-state index in [0.717, 1.165) is 17.7 Å². The molecule has 0 atom stereocenters. The first-order chi connectivity index (χ1) is 7.97. The minimum atomic E-state index is -4.91. The zero-order valence-electron chi connectivity index (χ0n) is 9.41. The molecule has 0 aromatic carbocycles. The van der Waals surface area contributed by atoms with Crippen LogP contribution in [0.25, 0.3) is 0 Å². The standard InChI is InChI=1S/C11H14BF3NS/c1-9(12(13,14)15)7-16(10-4-5-10)8-11-3-2-6-17-11/h2-3,6,10H,1,4-5,7-8H2/q-1. The van der Waals surface area contributed by atoms with Gasteiger partial charge in [-0.15, -0.1) is 23.4 Å². The Kier molecular flexibility index (Phi) is 3.63. The van der Waals surface area contributed by atoms with Gasteiger partial charge in [-0.05, 0) is 30.8 Å². The van der Waals surface area contributed by atoms with E-state index in [1.807, 2.05) is 22.4 Å². The molecular formula is C11H14BF3NS-. The Balaban J connectivity index is 1.96. The van der Waals surface area contributed by atoms with Crippen LogP contribution in [-0.4, -0.2) is 24.5 Å². The minimum Gasteiger partial charge on any atom is -0.445 e. The third-order valence-electron chi connectivity index (χ3n) is 2.87. The smallest absolute Gasteiger partial charge is 0.445 e. The SMILES string of the molecule is C=C(CN(Cc1cccs1)C1CC1)[B-](F)(F)F. The molecule has 1 aromatic rings. The summed E-state index contributed by atoms with van der Waals surface area (Å²) in [6, 6.07) is 4.20. The van der Waals surface area contributed by atoms with E-state index in [1.165, 1.54) is 0 Å². The zero-order valence-corrected chi connectivity index (χ0v) is 10.2. The van der Waals surface area contributed by atoms with Gasteiger partial charge in [0.25, 0.3) is 0 Å². The number of hydrogen-bond donors (Lipinski definition) is 0. The average Bonchev–Trinajstić information content (AvgIpc) is 2.95. The summed E-state index contributed by atoms with van der Waals surface area (Å²) < 4.78 is 37.5. The lowest BCUT2D eigenvalue weighted by Gasteiger charge is -2.27. The van der Waals surface area contributed by atoms with Gasteiger partial charge in [0.05, 0.1) is 0 Å². The highest BCUT2D eigenvalue weighted by atomic mass is 32.1. The molecule has 6 heteroatoms. The van der Waals surface area contributed by atoms with Crippen molar-refractivity contribution in [2.24, 2.45) is 0 Å². The first-order valence-electron chi connectivity index (χ1n) is 5.61. The van der Waals surface area contributed by atoms with Crippen LogP contribution >= 0.6 is 11.3 Å². The second-order valence-electron chi connectivity index (χ2n) is 4.45. The fourth-order valence-corrected chi connectivity index (χ4v) is 2.45. The van der Waals surface area contributed by atoms with Gasteiger partial charge in [0, 0.05) is 17.5 Å². The van der Waals surface area contributed by atoms with Crippen molar-refractivity contribution in [2.45, 2.75) is 25.4 Å². The van der Waals surface area contributed by atoms with Crippen LogP contribution in [0.4, 0.5) is 12.9 Å². The molecule has 2 rings (SSSR count). The number of hydrogen-bond acceptors (Lipinski definition) is 2. The van der Waals surface area contributed by atoms with Crippen molar-refractivity contribution in [1.82, 2.24) is 4.90 Å². The van der Waals surface area contributed by atoms with Crippen LogP contribution < -0.4 is 0 Å². The van der Waals surface area contributed by atoms with Crippen LogP contribution in [0.5, 0.6) is 0 Å². The summed E-state index contributed by atoms with van der Waals surface area (Å²) in [5, 5.41) is 1.95. The summed E-state index contributed by atoms with van der Waals surface area (Å²) in [6.07, 6.45) is 2.01. The molecule has 1 aliphatic rings. The molecule has 0 bridgehead atoms. The Morgan fingerprint density at radius 1 is 1.47 bits per heavy atom. The van der Waals surface area contributed by atoms with E-state index in [2.05, 4.69) is 6.58 Å². The molecule has 17 heavy (non-hydrogen) atoms. The van der Waals surface area contributed by atoms with Crippen LogP contribution in [-0.2, 0) is 6.54 Å². The summed E-state index contributed by atoms with van der Waals surface area (Å²) >= 11 is 1.58. The largest absolute Gasteiger partial charge is 0.506 e. The molecule has 94 valence electrons. The Hall–Kier alpha value is -0.745. The molecule has 1 aliphatic carbocycles. The highest BCUT2D eigenvalue weighted by Crippen LogP contribution is 2.31. The zero-order chi connectivity index (χ0) is 12.5. The van der Waals surface area contributed by atoms with E-state index in [-0.39, 0.29) is 6.54 Å². The van der Waals surface area contributed by atoms with Crippen molar-refractivity contribution in [3.05, 3.63) is 34.4 Å². The molecule has 0 spiro atoms. The van der Waals surface area contributed by atoms with Crippen molar-refractivity contribution in [3.63, 3.8) is 0 Å². The van der Waals surface area contributed by atoms with Gasteiger partial charge in [-0.1, -0.05) is 6.07 Å². The summed E-state index contributed by atoms with van der Waals surface area (Å²) in [7, 11) is 0. The first-order valence-corrected chi connectivity index (χ1v) is 6.49. The monoisotopic (exact) mass is 260 g/mol. The normalized spacial score (nSPS) is 16.5. The molecule has 0 N–H and O–H groups in total. The third kappa shape index (κ3) is 3.61. The molecule has 0 aliphatic heterocycles. The van der Waals surface area contributed by atoms with Crippen LogP contribution in [0.15, 0.2) is 29.6 Å². The van der Waals surface area contributed by atoms with Crippen LogP contribution in [0.2, 0.25) is 0 Å². The van der Waals surface area contributed by atoms with Gasteiger partial charge < -0.3 is 12.9 Å². The number of halogens is 3. The van der Waals surface area contributed by atoms with E-state index < -0.39 is 12.4 Å². The summed E-state index contributed by atoms with van der Waals surface area (Å²) in [5.74, 6) is 0. The highest BCUT2D eigenvalue weighted by Gasteiger charge is 2.33. The van der Waals surface area contributed by atoms with Gasteiger partial charge in [-0.2, -0.15) is 0 Å². The Morgan fingerprint density at radius 2 is 2.18 bits per heavy atom. The average molecular weight is 260 g/mol. The second-order valence-corrected chi connectivity index (χ2v) is 5.48. The Morgan fingerprint density at radius 3 is 2.65 bits per heavy atom. The number of rotatable bonds is 6. The predicted molar refractivity (Wildman–Crippen MR) is 66.0 cm³/mol. The van der Waals surface area contributed by atoms with Gasteiger partial charge in [0.2, 0.25) is 0 Å². The summed E-state index contributed by atoms with van der Waals surface area (Å²) in [6.45, 7) is -1.18. The summed E-state index contributed by atoms with van der Waals surface area (Å²) in [5.41, 5.74) is -0.589. The van der Waals surface area contributed by atoms with Crippen molar-refractivity contribution < 1.29 is 12.9 Å². The molecule has 0 saturated heterocycles. The molecule has 0 radical (unpaired) electrons.